The van der Waals surface area contributed by atoms with Gasteiger partial charge in [0.15, 0.2) is 0 Å². The molecule has 0 spiro atoms. The molecule has 6 nitrogen and oxygen atoms in total. The maximum absolute atomic E-state index is 13.3. The highest BCUT2D eigenvalue weighted by Gasteiger charge is 2.32. The standard InChI is InChI=1S/C22H20ClN3O3/c23-16-6-4-14(5-7-16)18-13-17-3-1-2-10-26(17)19(18)20(27)22(29)25-11-8-15(9-12-25)21(24)28/h1-7,10,13,15H,8-9,11-12H2,(H2,24,28). The van der Waals surface area contributed by atoms with E-state index in [0.717, 1.165) is 11.1 Å². The molecule has 2 aromatic heterocycles. The van der Waals surface area contributed by atoms with Gasteiger partial charge in [0.05, 0.1) is 0 Å². The van der Waals surface area contributed by atoms with Gasteiger partial charge < -0.3 is 15.0 Å². The van der Waals surface area contributed by atoms with Crippen LogP contribution < -0.4 is 5.73 Å². The zero-order valence-electron chi connectivity index (χ0n) is 15.7. The summed E-state index contributed by atoms with van der Waals surface area (Å²) in [5, 5.41) is 0.596. The summed E-state index contributed by atoms with van der Waals surface area (Å²) < 4.78 is 1.74. The van der Waals surface area contributed by atoms with Crippen molar-refractivity contribution >= 4 is 34.7 Å². The number of nitrogens with zero attached hydrogens (tertiary/aromatic N) is 2. The Morgan fingerprint density at radius 2 is 1.69 bits per heavy atom. The number of ketones is 1. The Kier molecular flexibility index (Phi) is 5.11. The van der Waals surface area contributed by atoms with E-state index in [4.69, 9.17) is 17.3 Å². The van der Waals surface area contributed by atoms with Crippen LogP contribution in [-0.2, 0) is 9.59 Å². The number of aromatic nitrogens is 1. The molecule has 0 aliphatic carbocycles. The van der Waals surface area contributed by atoms with E-state index in [9.17, 15) is 14.4 Å². The fourth-order valence-corrected chi connectivity index (χ4v) is 3.94. The van der Waals surface area contributed by atoms with Crippen molar-refractivity contribution in [1.82, 2.24) is 9.30 Å². The summed E-state index contributed by atoms with van der Waals surface area (Å²) in [4.78, 5) is 39.1. The van der Waals surface area contributed by atoms with Crippen LogP contribution in [0.15, 0.2) is 54.7 Å². The first-order chi connectivity index (χ1) is 14.0. The monoisotopic (exact) mass is 409 g/mol. The molecule has 1 fully saturated rings. The van der Waals surface area contributed by atoms with Crippen LogP contribution >= 0.6 is 11.6 Å². The third-order valence-corrected chi connectivity index (χ3v) is 5.68. The summed E-state index contributed by atoms with van der Waals surface area (Å²) in [7, 11) is 0. The van der Waals surface area contributed by atoms with E-state index < -0.39 is 11.7 Å². The molecule has 3 heterocycles. The number of likely N-dealkylation sites (tertiary alicyclic amines) is 1. The first kappa shape index (κ1) is 19.2. The van der Waals surface area contributed by atoms with E-state index in [-0.39, 0.29) is 11.8 Å². The lowest BCUT2D eigenvalue weighted by Crippen LogP contribution is -2.44. The number of benzene rings is 1. The van der Waals surface area contributed by atoms with Gasteiger partial charge in [-0.3, -0.25) is 14.4 Å². The molecule has 0 bridgehead atoms. The van der Waals surface area contributed by atoms with Crippen molar-refractivity contribution in [1.29, 1.82) is 0 Å². The Hall–Kier alpha value is -3.12. The van der Waals surface area contributed by atoms with Crippen LogP contribution in [0, 0.1) is 5.92 Å². The van der Waals surface area contributed by atoms with Gasteiger partial charge in [-0.15, -0.1) is 0 Å². The van der Waals surface area contributed by atoms with Crippen molar-refractivity contribution in [2.75, 3.05) is 13.1 Å². The highest BCUT2D eigenvalue weighted by Crippen LogP contribution is 2.30. The van der Waals surface area contributed by atoms with E-state index in [0.29, 0.717) is 42.2 Å². The number of hydrogen-bond acceptors (Lipinski definition) is 3. The summed E-state index contributed by atoms with van der Waals surface area (Å²) in [5.41, 5.74) is 7.99. The van der Waals surface area contributed by atoms with Crippen molar-refractivity contribution < 1.29 is 14.4 Å². The highest BCUT2D eigenvalue weighted by molar-refractivity contribution is 6.43. The van der Waals surface area contributed by atoms with Gasteiger partial charge in [0.1, 0.15) is 5.69 Å². The lowest BCUT2D eigenvalue weighted by molar-refractivity contribution is -0.131. The number of Topliss-reactive ketones (excluding diaryl/α,β-unsaturated/α-hetero) is 1. The third-order valence-electron chi connectivity index (χ3n) is 5.43. The molecule has 3 aromatic rings. The Morgan fingerprint density at radius 3 is 2.34 bits per heavy atom. The number of hydrogen-bond donors (Lipinski definition) is 1. The van der Waals surface area contributed by atoms with E-state index in [1.165, 1.54) is 4.90 Å². The number of primary amides is 1. The van der Waals surface area contributed by atoms with E-state index in [1.54, 1.807) is 22.7 Å². The number of halogens is 1. The maximum atomic E-state index is 13.3. The molecular weight excluding hydrogens is 390 g/mol. The number of pyridine rings is 1. The molecule has 1 aromatic carbocycles. The van der Waals surface area contributed by atoms with Crippen LogP contribution in [0.1, 0.15) is 23.3 Å². The summed E-state index contributed by atoms with van der Waals surface area (Å²) in [6.07, 6.45) is 2.73. The number of fused-ring (bicyclic) bond motifs is 1. The molecule has 148 valence electrons. The molecule has 29 heavy (non-hydrogen) atoms. The van der Waals surface area contributed by atoms with Crippen LogP contribution in [0.25, 0.3) is 16.6 Å². The van der Waals surface area contributed by atoms with Crippen LogP contribution in [0.5, 0.6) is 0 Å². The fourth-order valence-electron chi connectivity index (χ4n) is 3.82. The molecule has 1 saturated heterocycles. The maximum Gasteiger partial charge on any atom is 0.296 e. The van der Waals surface area contributed by atoms with Gasteiger partial charge in [-0.1, -0.05) is 29.8 Å². The second kappa shape index (κ2) is 7.72. The van der Waals surface area contributed by atoms with Crippen molar-refractivity contribution in [3.05, 3.63) is 65.4 Å². The SMILES string of the molecule is NC(=O)C1CCN(C(=O)C(=O)c2c(-c3ccc(Cl)cc3)cc3ccccn23)CC1. The van der Waals surface area contributed by atoms with Crippen LogP contribution in [0.2, 0.25) is 5.02 Å². The van der Waals surface area contributed by atoms with Crippen molar-refractivity contribution in [2.24, 2.45) is 11.7 Å². The number of piperidine rings is 1. The van der Waals surface area contributed by atoms with Gasteiger partial charge in [-0.25, -0.2) is 0 Å². The first-order valence-corrected chi connectivity index (χ1v) is 9.82. The molecule has 7 heteroatoms. The van der Waals surface area contributed by atoms with E-state index in [1.807, 2.05) is 36.4 Å². The predicted octanol–water partition coefficient (Wildman–Crippen LogP) is 3.17. The Bertz CT molecular complexity index is 1100. The molecule has 2 amide bonds. The average Bonchev–Trinajstić information content (AvgIpc) is 3.12. The third kappa shape index (κ3) is 3.63. The smallest absolute Gasteiger partial charge is 0.296 e. The van der Waals surface area contributed by atoms with Crippen LogP contribution in [-0.4, -0.2) is 40.0 Å². The highest BCUT2D eigenvalue weighted by atomic mass is 35.5. The largest absolute Gasteiger partial charge is 0.369 e. The van der Waals surface area contributed by atoms with Gasteiger partial charge in [-0.05, 0) is 48.7 Å². The van der Waals surface area contributed by atoms with Gasteiger partial charge in [0.25, 0.3) is 11.7 Å². The number of amides is 2. The molecule has 0 unspecified atom stereocenters. The number of carbonyl (C=O) groups excluding carboxylic acids is 3. The lowest BCUT2D eigenvalue weighted by atomic mass is 9.95. The normalized spacial score (nSPS) is 14.9. The lowest BCUT2D eigenvalue weighted by Gasteiger charge is -2.30. The molecule has 1 aliphatic heterocycles. The predicted molar refractivity (Wildman–Crippen MR) is 111 cm³/mol. The Labute approximate surface area is 172 Å². The number of carbonyl (C=O) groups is 3. The minimum absolute atomic E-state index is 0.243. The van der Waals surface area contributed by atoms with Gasteiger partial charge in [0, 0.05) is 41.3 Å². The summed E-state index contributed by atoms with van der Waals surface area (Å²) in [6.45, 7) is 0.690. The number of rotatable bonds is 4. The summed E-state index contributed by atoms with van der Waals surface area (Å²) in [5.74, 6) is -1.73. The number of nitrogens with two attached hydrogens (primary N) is 1. The molecule has 0 radical (unpaired) electrons. The van der Waals surface area contributed by atoms with Gasteiger partial charge in [-0.2, -0.15) is 0 Å². The van der Waals surface area contributed by atoms with E-state index in [2.05, 4.69) is 0 Å². The minimum atomic E-state index is -0.571. The molecule has 4 rings (SSSR count). The second-order valence-electron chi connectivity index (χ2n) is 7.21. The molecular formula is C22H20ClN3O3. The quantitative estimate of drug-likeness (QED) is 0.530. The first-order valence-electron chi connectivity index (χ1n) is 9.44. The summed E-state index contributed by atoms with van der Waals surface area (Å²) in [6, 6.07) is 14.6. The van der Waals surface area contributed by atoms with Crippen LogP contribution in [0.4, 0.5) is 0 Å². The second-order valence-corrected chi connectivity index (χ2v) is 7.64. The average molecular weight is 410 g/mol. The molecule has 0 saturated carbocycles. The minimum Gasteiger partial charge on any atom is -0.369 e. The van der Waals surface area contributed by atoms with Crippen molar-refractivity contribution in [3.8, 4) is 11.1 Å². The summed E-state index contributed by atoms with van der Waals surface area (Å²) >= 11 is 6.00. The fraction of sp³-hybridized carbons (Fsp3) is 0.227. The molecule has 2 N–H and O–H groups in total. The topological polar surface area (TPSA) is 84.9 Å². The van der Waals surface area contributed by atoms with Crippen LogP contribution in [0.3, 0.4) is 0 Å². The zero-order valence-corrected chi connectivity index (χ0v) is 16.4. The van der Waals surface area contributed by atoms with E-state index >= 15 is 0 Å². The molecule has 0 atom stereocenters. The van der Waals surface area contributed by atoms with Gasteiger partial charge in [0.2, 0.25) is 5.91 Å². The van der Waals surface area contributed by atoms with Gasteiger partial charge >= 0.3 is 0 Å². The molecule has 1 aliphatic rings. The zero-order chi connectivity index (χ0) is 20.5. The Balaban J connectivity index is 1.70. The van der Waals surface area contributed by atoms with Crippen molar-refractivity contribution in [3.63, 3.8) is 0 Å². The van der Waals surface area contributed by atoms with Crippen molar-refractivity contribution in [2.45, 2.75) is 12.8 Å². The Morgan fingerprint density at radius 1 is 1.00 bits per heavy atom.